The van der Waals surface area contributed by atoms with Crippen LogP contribution in [0.1, 0.15) is 16.8 Å². The first-order valence-corrected chi connectivity index (χ1v) is 14.4. The lowest BCUT2D eigenvalue weighted by Crippen LogP contribution is -2.39. The van der Waals surface area contributed by atoms with E-state index in [1.54, 1.807) is 11.3 Å². The van der Waals surface area contributed by atoms with Gasteiger partial charge < -0.3 is 4.74 Å². The van der Waals surface area contributed by atoms with Gasteiger partial charge in [0.1, 0.15) is 0 Å². The van der Waals surface area contributed by atoms with E-state index in [2.05, 4.69) is 26.9 Å². The lowest BCUT2D eigenvalue weighted by molar-refractivity contribution is 0.0376. The fourth-order valence-corrected chi connectivity index (χ4v) is 6.36. The minimum Gasteiger partial charge on any atom is -0.379 e. The van der Waals surface area contributed by atoms with Gasteiger partial charge in [-0.3, -0.25) is 14.6 Å². The Bertz CT molecular complexity index is 1580. The summed E-state index contributed by atoms with van der Waals surface area (Å²) in [6.07, 6.45) is 0.847. The number of nitrogens with zero attached hydrogens (tertiary/aromatic N) is 4. The molecule has 1 aliphatic heterocycles. The van der Waals surface area contributed by atoms with Crippen LogP contribution in [0.4, 0.5) is 5.13 Å². The van der Waals surface area contributed by atoms with E-state index in [9.17, 15) is 4.79 Å². The predicted octanol–water partition coefficient (Wildman–Crippen LogP) is 6.64. The lowest BCUT2D eigenvalue weighted by Gasteiger charge is -2.28. The van der Waals surface area contributed by atoms with Gasteiger partial charge in [-0.15, -0.1) is 0 Å². The first kappa shape index (κ1) is 25.1. The first-order chi connectivity index (χ1) is 18.7. The molecule has 3 heterocycles. The highest BCUT2D eigenvalue weighted by molar-refractivity contribution is 9.10. The summed E-state index contributed by atoms with van der Waals surface area (Å²) in [5, 5.41) is 1.56. The number of pyridine rings is 1. The maximum absolute atomic E-state index is 14.4. The molecule has 0 atom stereocenters. The molecule has 1 amide bonds. The molecule has 1 saturated heterocycles. The smallest absolute Gasteiger partial charge is 0.260 e. The van der Waals surface area contributed by atoms with Crippen molar-refractivity contribution in [1.82, 2.24) is 14.9 Å². The molecule has 5 aromatic rings. The van der Waals surface area contributed by atoms with Crippen molar-refractivity contribution in [2.24, 2.45) is 0 Å². The Kier molecular flexibility index (Phi) is 7.47. The molecule has 1 aliphatic rings. The summed E-state index contributed by atoms with van der Waals surface area (Å²) in [5.74, 6) is -0.0547. The zero-order chi connectivity index (χ0) is 25.9. The second kappa shape index (κ2) is 11.3. The van der Waals surface area contributed by atoms with Crippen LogP contribution in [-0.2, 0) is 4.74 Å². The summed E-state index contributed by atoms with van der Waals surface area (Å²) in [6.45, 7) is 4.88. The number of rotatable bonds is 7. The van der Waals surface area contributed by atoms with E-state index >= 15 is 0 Å². The van der Waals surface area contributed by atoms with E-state index in [0.29, 0.717) is 17.2 Å². The summed E-state index contributed by atoms with van der Waals surface area (Å²) in [7, 11) is 0. The molecule has 38 heavy (non-hydrogen) atoms. The monoisotopic (exact) mass is 586 g/mol. The standard InChI is InChI=1S/C30H27BrN4O2S/c31-22-11-12-26-28(19-22)38-30(33-26)35(14-6-13-34-15-17-37-18-16-34)29(36)24-20-27(21-7-2-1-3-8-21)32-25-10-5-4-9-23(24)25/h1-5,7-12,19-20H,6,13-18H2. The molecule has 0 N–H and O–H groups in total. The Morgan fingerprint density at radius 2 is 1.74 bits per heavy atom. The third-order valence-corrected chi connectivity index (χ3v) is 8.33. The summed E-state index contributed by atoms with van der Waals surface area (Å²) in [4.78, 5) is 28.4. The van der Waals surface area contributed by atoms with Crippen molar-refractivity contribution in [3.63, 3.8) is 0 Å². The molecule has 0 bridgehead atoms. The number of benzene rings is 3. The van der Waals surface area contributed by atoms with Gasteiger partial charge in [-0.1, -0.05) is 75.8 Å². The Morgan fingerprint density at radius 3 is 2.58 bits per heavy atom. The van der Waals surface area contributed by atoms with Crippen molar-refractivity contribution in [2.45, 2.75) is 6.42 Å². The van der Waals surface area contributed by atoms with Gasteiger partial charge in [0.2, 0.25) is 0 Å². The summed E-state index contributed by atoms with van der Waals surface area (Å²) < 4.78 is 7.54. The average Bonchev–Trinajstić information content (AvgIpc) is 3.38. The number of carbonyl (C=O) groups is 1. The van der Waals surface area contributed by atoms with E-state index in [4.69, 9.17) is 14.7 Å². The summed E-state index contributed by atoms with van der Waals surface area (Å²) >= 11 is 5.11. The molecule has 192 valence electrons. The number of fused-ring (bicyclic) bond motifs is 2. The van der Waals surface area contributed by atoms with Crippen molar-refractivity contribution in [2.75, 3.05) is 44.3 Å². The first-order valence-electron chi connectivity index (χ1n) is 12.8. The van der Waals surface area contributed by atoms with E-state index in [-0.39, 0.29) is 5.91 Å². The van der Waals surface area contributed by atoms with Crippen LogP contribution in [0.3, 0.4) is 0 Å². The Hall–Kier alpha value is -3.17. The third-order valence-electron chi connectivity index (χ3n) is 6.79. The predicted molar refractivity (Wildman–Crippen MR) is 158 cm³/mol. The highest BCUT2D eigenvalue weighted by Crippen LogP contribution is 2.33. The van der Waals surface area contributed by atoms with Crippen LogP contribution in [0.25, 0.3) is 32.4 Å². The highest BCUT2D eigenvalue weighted by atomic mass is 79.9. The molecule has 3 aromatic carbocycles. The van der Waals surface area contributed by atoms with E-state index in [1.165, 1.54) is 0 Å². The lowest BCUT2D eigenvalue weighted by atomic mass is 10.0. The van der Waals surface area contributed by atoms with Gasteiger partial charge in [0.05, 0.1) is 40.2 Å². The minimum atomic E-state index is -0.0547. The molecule has 2 aromatic heterocycles. The van der Waals surface area contributed by atoms with Gasteiger partial charge >= 0.3 is 0 Å². The average molecular weight is 588 g/mol. The zero-order valence-corrected chi connectivity index (χ0v) is 23.2. The van der Waals surface area contributed by atoms with Crippen LogP contribution in [0.15, 0.2) is 83.3 Å². The molecule has 6 rings (SSSR count). The van der Waals surface area contributed by atoms with Crippen molar-refractivity contribution < 1.29 is 9.53 Å². The third kappa shape index (κ3) is 5.35. The quantitative estimate of drug-likeness (QED) is 0.214. The Morgan fingerprint density at radius 1 is 0.947 bits per heavy atom. The van der Waals surface area contributed by atoms with E-state index in [0.717, 1.165) is 76.1 Å². The SMILES string of the molecule is O=C(c1cc(-c2ccccc2)nc2ccccc12)N(CCCN1CCOCC1)c1nc2ccc(Br)cc2s1. The van der Waals surface area contributed by atoms with Crippen LogP contribution in [0, 0.1) is 0 Å². The van der Waals surface area contributed by atoms with Gasteiger partial charge in [0.25, 0.3) is 5.91 Å². The van der Waals surface area contributed by atoms with Crippen molar-refractivity contribution in [3.8, 4) is 11.3 Å². The molecule has 6 nitrogen and oxygen atoms in total. The number of amides is 1. The number of anilines is 1. The van der Waals surface area contributed by atoms with Crippen LogP contribution in [-0.4, -0.2) is 60.2 Å². The summed E-state index contributed by atoms with van der Waals surface area (Å²) in [5.41, 5.74) is 4.11. The normalized spacial score (nSPS) is 14.2. The second-order valence-corrected chi connectivity index (χ2v) is 11.2. The van der Waals surface area contributed by atoms with E-state index in [1.807, 2.05) is 77.7 Å². The van der Waals surface area contributed by atoms with Crippen LogP contribution < -0.4 is 4.90 Å². The second-order valence-electron chi connectivity index (χ2n) is 9.31. The van der Waals surface area contributed by atoms with Gasteiger partial charge in [-0.05, 0) is 36.8 Å². The van der Waals surface area contributed by atoms with E-state index < -0.39 is 0 Å². The Balaban J connectivity index is 1.39. The molecule has 0 saturated carbocycles. The minimum absolute atomic E-state index is 0.0547. The number of carbonyl (C=O) groups excluding carboxylic acids is 1. The highest BCUT2D eigenvalue weighted by Gasteiger charge is 2.24. The van der Waals surface area contributed by atoms with Gasteiger partial charge in [-0.25, -0.2) is 9.97 Å². The topological polar surface area (TPSA) is 58.6 Å². The number of hydrogen-bond donors (Lipinski definition) is 0. The van der Waals surface area contributed by atoms with Crippen LogP contribution in [0.5, 0.6) is 0 Å². The maximum Gasteiger partial charge on any atom is 0.260 e. The van der Waals surface area contributed by atoms with Crippen LogP contribution in [0.2, 0.25) is 0 Å². The largest absolute Gasteiger partial charge is 0.379 e. The number of aromatic nitrogens is 2. The molecule has 0 aliphatic carbocycles. The zero-order valence-electron chi connectivity index (χ0n) is 20.8. The molecule has 0 unspecified atom stereocenters. The molecule has 1 fully saturated rings. The van der Waals surface area contributed by atoms with Gasteiger partial charge in [0.15, 0.2) is 5.13 Å². The fraction of sp³-hybridized carbons (Fsp3) is 0.233. The molecular weight excluding hydrogens is 560 g/mol. The molecular formula is C30H27BrN4O2S. The number of thiazole rings is 1. The van der Waals surface area contributed by atoms with Crippen molar-refractivity contribution >= 4 is 59.4 Å². The van der Waals surface area contributed by atoms with Gasteiger partial charge in [0, 0.05) is 41.6 Å². The van der Waals surface area contributed by atoms with Crippen LogP contribution >= 0.6 is 27.3 Å². The molecule has 8 heteroatoms. The fourth-order valence-electron chi connectivity index (χ4n) is 4.82. The Labute approximate surface area is 234 Å². The maximum atomic E-state index is 14.4. The molecule has 0 spiro atoms. The van der Waals surface area contributed by atoms with Crippen molar-refractivity contribution in [1.29, 1.82) is 0 Å². The van der Waals surface area contributed by atoms with Gasteiger partial charge in [-0.2, -0.15) is 0 Å². The number of halogens is 1. The number of ether oxygens (including phenoxy) is 1. The number of para-hydroxylation sites is 1. The summed E-state index contributed by atoms with van der Waals surface area (Å²) in [6, 6.07) is 25.8. The molecule has 0 radical (unpaired) electrons. The number of hydrogen-bond acceptors (Lipinski definition) is 6. The van der Waals surface area contributed by atoms with Crippen molar-refractivity contribution in [3.05, 3.63) is 88.9 Å². The number of morpholine rings is 1.